The Morgan fingerprint density at radius 3 is 2.62 bits per heavy atom. The SMILES string of the molecule is COC(=O)c1oc(CN2CCN(c3ccccc3O)CC2)cc1C. The number of aryl methyl sites for hydroxylation is 1. The normalized spacial score (nSPS) is 15.5. The van der Waals surface area contributed by atoms with Crippen LogP contribution in [0.15, 0.2) is 34.7 Å². The van der Waals surface area contributed by atoms with Crippen molar-refractivity contribution in [2.45, 2.75) is 13.5 Å². The van der Waals surface area contributed by atoms with Crippen LogP contribution in [-0.2, 0) is 11.3 Å². The van der Waals surface area contributed by atoms with Crippen molar-refractivity contribution in [1.82, 2.24) is 4.90 Å². The summed E-state index contributed by atoms with van der Waals surface area (Å²) in [4.78, 5) is 16.1. The molecule has 0 atom stereocenters. The molecular weight excluding hydrogens is 308 g/mol. The van der Waals surface area contributed by atoms with E-state index in [0.29, 0.717) is 12.3 Å². The summed E-state index contributed by atoms with van der Waals surface area (Å²) in [5, 5.41) is 9.96. The Balaban J connectivity index is 1.60. The molecule has 1 aromatic carbocycles. The van der Waals surface area contributed by atoms with Crippen LogP contribution in [0.2, 0.25) is 0 Å². The van der Waals surface area contributed by atoms with E-state index in [9.17, 15) is 9.90 Å². The molecule has 0 saturated carbocycles. The number of carbonyl (C=O) groups is 1. The second-order valence-electron chi connectivity index (χ2n) is 5.97. The molecule has 0 unspecified atom stereocenters. The van der Waals surface area contributed by atoms with Crippen LogP contribution in [0.4, 0.5) is 5.69 Å². The fourth-order valence-electron chi connectivity index (χ4n) is 3.02. The number of ether oxygens (including phenoxy) is 1. The number of furan rings is 1. The molecule has 0 spiro atoms. The number of piperazine rings is 1. The number of methoxy groups -OCH3 is 1. The highest BCUT2D eigenvalue weighted by molar-refractivity contribution is 5.87. The summed E-state index contributed by atoms with van der Waals surface area (Å²) < 4.78 is 10.3. The zero-order chi connectivity index (χ0) is 17.1. The van der Waals surface area contributed by atoms with Crippen LogP contribution in [0.25, 0.3) is 0 Å². The zero-order valence-corrected chi connectivity index (χ0v) is 14.0. The average molecular weight is 330 g/mol. The number of phenols is 1. The molecule has 0 bridgehead atoms. The van der Waals surface area contributed by atoms with E-state index in [2.05, 4.69) is 9.80 Å². The van der Waals surface area contributed by atoms with Crippen LogP contribution >= 0.6 is 0 Å². The van der Waals surface area contributed by atoms with E-state index in [1.54, 1.807) is 6.07 Å². The summed E-state index contributed by atoms with van der Waals surface area (Å²) in [6.07, 6.45) is 0. The third-order valence-electron chi connectivity index (χ3n) is 4.31. The van der Waals surface area contributed by atoms with Gasteiger partial charge < -0.3 is 19.2 Å². The molecule has 6 heteroatoms. The number of para-hydroxylation sites is 2. The lowest BCUT2D eigenvalue weighted by Gasteiger charge is -2.35. The van der Waals surface area contributed by atoms with Gasteiger partial charge in [-0.2, -0.15) is 0 Å². The molecule has 1 N–H and O–H groups in total. The van der Waals surface area contributed by atoms with Gasteiger partial charge in [-0.25, -0.2) is 4.79 Å². The number of carbonyl (C=O) groups excluding carboxylic acids is 1. The molecule has 1 aromatic heterocycles. The molecule has 24 heavy (non-hydrogen) atoms. The molecule has 0 amide bonds. The van der Waals surface area contributed by atoms with Crippen LogP contribution < -0.4 is 4.90 Å². The van der Waals surface area contributed by atoms with Crippen molar-refractivity contribution in [3.63, 3.8) is 0 Å². The number of benzene rings is 1. The van der Waals surface area contributed by atoms with Crippen molar-refractivity contribution >= 4 is 11.7 Å². The van der Waals surface area contributed by atoms with Crippen LogP contribution in [0.3, 0.4) is 0 Å². The molecule has 0 aliphatic carbocycles. The lowest BCUT2D eigenvalue weighted by atomic mass is 10.2. The van der Waals surface area contributed by atoms with Gasteiger partial charge in [-0.3, -0.25) is 4.90 Å². The van der Waals surface area contributed by atoms with Crippen LogP contribution in [0.1, 0.15) is 21.9 Å². The van der Waals surface area contributed by atoms with Gasteiger partial charge in [0.2, 0.25) is 5.76 Å². The smallest absolute Gasteiger partial charge is 0.374 e. The number of hydrogen-bond acceptors (Lipinski definition) is 6. The number of phenolic OH excluding ortho intramolecular Hbond substituents is 1. The van der Waals surface area contributed by atoms with Crippen LogP contribution in [0.5, 0.6) is 5.75 Å². The molecular formula is C18H22N2O4. The van der Waals surface area contributed by atoms with Gasteiger partial charge in [0.1, 0.15) is 11.5 Å². The maximum atomic E-state index is 11.6. The number of esters is 1. The molecule has 0 radical (unpaired) electrons. The lowest BCUT2D eigenvalue weighted by molar-refractivity contribution is 0.0560. The fraction of sp³-hybridized carbons (Fsp3) is 0.389. The van der Waals surface area contributed by atoms with Gasteiger partial charge in [0.15, 0.2) is 0 Å². The van der Waals surface area contributed by atoms with E-state index in [-0.39, 0.29) is 5.76 Å². The first-order chi connectivity index (χ1) is 11.6. The molecule has 1 aliphatic rings. The fourth-order valence-corrected chi connectivity index (χ4v) is 3.02. The van der Waals surface area contributed by atoms with Crippen molar-refractivity contribution in [3.05, 3.63) is 47.4 Å². The van der Waals surface area contributed by atoms with Gasteiger partial charge in [0.25, 0.3) is 0 Å². The maximum absolute atomic E-state index is 11.6. The van der Waals surface area contributed by atoms with Gasteiger partial charge >= 0.3 is 5.97 Å². The van der Waals surface area contributed by atoms with Gasteiger partial charge in [-0.1, -0.05) is 12.1 Å². The Hall–Kier alpha value is -2.47. The minimum absolute atomic E-state index is 0.278. The van der Waals surface area contributed by atoms with E-state index < -0.39 is 5.97 Å². The number of nitrogens with zero attached hydrogens (tertiary/aromatic N) is 2. The quantitative estimate of drug-likeness (QED) is 0.869. The number of hydrogen-bond donors (Lipinski definition) is 1. The summed E-state index contributed by atoms with van der Waals surface area (Å²) in [5.74, 6) is 0.919. The second-order valence-corrected chi connectivity index (χ2v) is 5.97. The first-order valence-corrected chi connectivity index (χ1v) is 8.01. The molecule has 3 rings (SSSR count). The maximum Gasteiger partial charge on any atom is 0.374 e. The third-order valence-corrected chi connectivity index (χ3v) is 4.31. The Morgan fingerprint density at radius 2 is 1.96 bits per heavy atom. The van der Waals surface area contributed by atoms with E-state index in [1.807, 2.05) is 31.2 Å². The molecule has 128 valence electrons. The van der Waals surface area contributed by atoms with Crippen molar-refractivity contribution < 1.29 is 19.1 Å². The minimum atomic E-state index is -0.442. The van der Waals surface area contributed by atoms with Gasteiger partial charge in [-0.05, 0) is 25.1 Å². The van der Waals surface area contributed by atoms with Crippen molar-refractivity contribution in [2.75, 3.05) is 38.2 Å². The average Bonchev–Trinajstić information content (AvgIpc) is 2.96. The Bertz CT molecular complexity index is 718. The Kier molecular flexibility index (Phi) is 4.76. The monoisotopic (exact) mass is 330 g/mol. The summed E-state index contributed by atoms with van der Waals surface area (Å²) >= 11 is 0. The standard InChI is InChI=1S/C18H22N2O4/c1-13-11-14(24-17(13)18(22)23-2)12-19-7-9-20(10-8-19)15-5-3-4-6-16(15)21/h3-6,11,21H,7-10,12H2,1-2H3. The molecule has 2 aromatic rings. The second kappa shape index (κ2) is 6.97. The first-order valence-electron chi connectivity index (χ1n) is 8.01. The van der Waals surface area contributed by atoms with Crippen molar-refractivity contribution in [1.29, 1.82) is 0 Å². The van der Waals surface area contributed by atoms with Gasteiger partial charge in [0.05, 0.1) is 19.3 Å². The van der Waals surface area contributed by atoms with Crippen LogP contribution in [-0.4, -0.2) is 49.3 Å². The Morgan fingerprint density at radius 1 is 1.25 bits per heavy atom. The topological polar surface area (TPSA) is 66.2 Å². The van der Waals surface area contributed by atoms with Gasteiger partial charge in [-0.15, -0.1) is 0 Å². The number of rotatable bonds is 4. The predicted molar refractivity (Wildman–Crippen MR) is 90.4 cm³/mol. The Labute approximate surface area is 141 Å². The largest absolute Gasteiger partial charge is 0.506 e. The van der Waals surface area contributed by atoms with Crippen molar-refractivity contribution in [3.8, 4) is 5.75 Å². The molecule has 1 fully saturated rings. The molecule has 6 nitrogen and oxygen atoms in total. The van der Waals surface area contributed by atoms with E-state index in [0.717, 1.165) is 43.2 Å². The molecule has 1 saturated heterocycles. The minimum Gasteiger partial charge on any atom is -0.506 e. The highest BCUT2D eigenvalue weighted by atomic mass is 16.5. The predicted octanol–water partition coefficient (Wildman–Crippen LogP) is 2.40. The molecule has 1 aliphatic heterocycles. The molecule has 2 heterocycles. The number of aromatic hydroxyl groups is 1. The van der Waals surface area contributed by atoms with E-state index in [4.69, 9.17) is 9.15 Å². The van der Waals surface area contributed by atoms with Gasteiger partial charge in [0, 0.05) is 31.7 Å². The summed E-state index contributed by atoms with van der Waals surface area (Å²) in [6.45, 7) is 5.90. The third kappa shape index (κ3) is 3.38. The number of anilines is 1. The van der Waals surface area contributed by atoms with Crippen LogP contribution in [0, 0.1) is 6.92 Å². The van der Waals surface area contributed by atoms with E-state index >= 15 is 0 Å². The summed E-state index contributed by atoms with van der Waals surface area (Å²) in [6, 6.07) is 9.29. The highest BCUT2D eigenvalue weighted by Crippen LogP contribution is 2.27. The van der Waals surface area contributed by atoms with E-state index in [1.165, 1.54) is 7.11 Å². The highest BCUT2D eigenvalue weighted by Gasteiger charge is 2.22. The van der Waals surface area contributed by atoms with Crippen molar-refractivity contribution in [2.24, 2.45) is 0 Å². The summed E-state index contributed by atoms with van der Waals surface area (Å²) in [7, 11) is 1.35. The first kappa shape index (κ1) is 16.4. The summed E-state index contributed by atoms with van der Waals surface area (Å²) in [5.41, 5.74) is 1.67. The lowest BCUT2D eigenvalue weighted by Crippen LogP contribution is -2.45. The zero-order valence-electron chi connectivity index (χ0n) is 14.0.